The highest BCUT2D eigenvalue weighted by atomic mass is 16.5. The van der Waals surface area contributed by atoms with Gasteiger partial charge in [-0.2, -0.15) is 0 Å². The molecule has 2 amide bonds. The van der Waals surface area contributed by atoms with E-state index in [0.717, 1.165) is 5.57 Å². The molecule has 1 saturated heterocycles. The highest BCUT2D eigenvalue weighted by Gasteiger charge is 2.40. The SMILES string of the molecule is C=C1Cc2nc(co2)C(=O)N2CCC[C@@H]2C(=O)O[C@H](C(C)(C)C)[C@H](C)/C=C/C(=O)NC/C=C/C(C)=C/[C@@H](O)C1. The fourth-order valence-corrected chi connectivity index (χ4v) is 4.97. The van der Waals surface area contributed by atoms with Crippen LogP contribution in [0.1, 0.15) is 70.3 Å². The third-order valence-corrected chi connectivity index (χ3v) is 6.81. The van der Waals surface area contributed by atoms with Crippen molar-refractivity contribution in [2.24, 2.45) is 11.3 Å². The molecule has 1 fully saturated rings. The highest BCUT2D eigenvalue weighted by molar-refractivity contribution is 5.95. The molecule has 0 spiro atoms. The first-order valence-electron chi connectivity index (χ1n) is 13.5. The standard InChI is InChI=1S/C30H41N3O6/c1-19-9-7-13-31-25(35)12-11-21(3)27(30(4,5)6)39-29(37)24-10-8-14-33(24)28(36)23-18-38-26(32-23)17-20(2)16-22(34)15-19/h7,9,11-12,15,18,21-22,24,27,34H,2,8,10,13-14,16-17H2,1,3-6H3,(H,31,35)/b9-7+,12-11+,19-15+/t21-,22-,24-,27+/m1/s1. The van der Waals surface area contributed by atoms with E-state index in [1.807, 2.05) is 40.7 Å². The van der Waals surface area contributed by atoms with Gasteiger partial charge in [-0.25, -0.2) is 9.78 Å². The number of cyclic esters (lactones) is 1. The monoisotopic (exact) mass is 539 g/mol. The third-order valence-electron chi connectivity index (χ3n) is 6.81. The van der Waals surface area contributed by atoms with Crippen molar-refractivity contribution in [2.45, 2.75) is 78.6 Å². The molecule has 0 aliphatic carbocycles. The molecule has 2 aliphatic rings. The van der Waals surface area contributed by atoms with Crippen LogP contribution in [0, 0.1) is 11.3 Å². The number of allylic oxidation sites excluding steroid dienone is 2. The van der Waals surface area contributed by atoms with Gasteiger partial charge >= 0.3 is 5.97 Å². The van der Waals surface area contributed by atoms with Gasteiger partial charge < -0.3 is 24.5 Å². The second-order valence-corrected chi connectivity index (χ2v) is 11.5. The normalized spacial score (nSPS) is 29.6. The van der Waals surface area contributed by atoms with Crippen LogP contribution in [0.4, 0.5) is 0 Å². The molecule has 3 rings (SSSR count). The van der Waals surface area contributed by atoms with Crippen molar-refractivity contribution in [1.82, 2.24) is 15.2 Å². The van der Waals surface area contributed by atoms with Crippen LogP contribution in [0.5, 0.6) is 0 Å². The number of fused-ring (bicyclic) bond motifs is 3. The third kappa shape index (κ3) is 8.51. The second kappa shape index (κ2) is 13.1. The van der Waals surface area contributed by atoms with Crippen molar-refractivity contribution in [3.05, 3.63) is 66.0 Å². The largest absolute Gasteiger partial charge is 0.460 e. The number of oxazole rings is 1. The Morgan fingerprint density at radius 2 is 1.95 bits per heavy atom. The molecular formula is C30H41N3O6. The summed E-state index contributed by atoms with van der Waals surface area (Å²) in [4.78, 5) is 44.8. The predicted octanol–water partition coefficient (Wildman–Crippen LogP) is 3.91. The minimum Gasteiger partial charge on any atom is -0.460 e. The van der Waals surface area contributed by atoms with Gasteiger partial charge in [-0.3, -0.25) is 9.59 Å². The molecule has 1 aromatic heterocycles. The molecule has 39 heavy (non-hydrogen) atoms. The first-order valence-corrected chi connectivity index (χ1v) is 13.5. The van der Waals surface area contributed by atoms with E-state index in [4.69, 9.17) is 9.15 Å². The van der Waals surface area contributed by atoms with Crippen LogP contribution in [0.25, 0.3) is 0 Å². The minimum atomic E-state index is -0.758. The van der Waals surface area contributed by atoms with Crippen LogP contribution in [-0.4, -0.2) is 64.1 Å². The van der Waals surface area contributed by atoms with Crippen LogP contribution in [-0.2, 0) is 20.7 Å². The first kappa shape index (κ1) is 30.1. The van der Waals surface area contributed by atoms with Crippen molar-refractivity contribution in [2.75, 3.05) is 13.1 Å². The van der Waals surface area contributed by atoms with E-state index >= 15 is 0 Å². The number of nitrogens with zero attached hydrogens (tertiary/aromatic N) is 2. The average molecular weight is 540 g/mol. The predicted molar refractivity (Wildman–Crippen MR) is 148 cm³/mol. The zero-order valence-electron chi connectivity index (χ0n) is 23.6. The molecule has 9 nitrogen and oxygen atoms in total. The van der Waals surface area contributed by atoms with Gasteiger partial charge in [-0.05, 0) is 37.7 Å². The molecule has 0 unspecified atom stereocenters. The fraction of sp³-hybridized carbons (Fsp3) is 0.533. The van der Waals surface area contributed by atoms with Crippen LogP contribution in [0.2, 0.25) is 0 Å². The van der Waals surface area contributed by atoms with Gasteiger partial charge in [0.2, 0.25) is 5.91 Å². The van der Waals surface area contributed by atoms with Gasteiger partial charge in [0.25, 0.3) is 5.91 Å². The Hall–Kier alpha value is -3.46. The molecular weight excluding hydrogens is 498 g/mol. The lowest BCUT2D eigenvalue weighted by Gasteiger charge is -2.35. The molecule has 3 heterocycles. The van der Waals surface area contributed by atoms with Crippen molar-refractivity contribution < 1.29 is 28.6 Å². The smallest absolute Gasteiger partial charge is 0.329 e. The first-order chi connectivity index (χ1) is 18.3. The summed E-state index contributed by atoms with van der Waals surface area (Å²) in [7, 11) is 0. The maximum atomic E-state index is 13.3. The quantitative estimate of drug-likeness (QED) is 0.379. The number of aliphatic hydroxyl groups is 1. The lowest BCUT2D eigenvalue weighted by Crippen LogP contribution is -2.45. The van der Waals surface area contributed by atoms with Crippen LogP contribution < -0.4 is 5.32 Å². The Labute approximate surface area is 230 Å². The minimum absolute atomic E-state index is 0.118. The second-order valence-electron chi connectivity index (χ2n) is 11.5. The van der Waals surface area contributed by atoms with E-state index in [2.05, 4.69) is 16.9 Å². The number of ether oxygens (including phenoxy) is 1. The molecule has 212 valence electrons. The van der Waals surface area contributed by atoms with Gasteiger partial charge in [0.05, 0.1) is 6.10 Å². The molecule has 0 aromatic carbocycles. The molecule has 2 bridgehead atoms. The number of carbonyl (C=O) groups excluding carboxylic acids is 3. The number of aromatic nitrogens is 1. The van der Waals surface area contributed by atoms with E-state index < -0.39 is 35.5 Å². The topological polar surface area (TPSA) is 122 Å². The number of hydrogen-bond acceptors (Lipinski definition) is 7. The summed E-state index contributed by atoms with van der Waals surface area (Å²) in [6, 6.07) is -0.726. The Balaban J connectivity index is 1.88. The summed E-state index contributed by atoms with van der Waals surface area (Å²) >= 11 is 0. The van der Waals surface area contributed by atoms with Gasteiger partial charge in [0, 0.05) is 25.4 Å². The Morgan fingerprint density at radius 3 is 2.67 bits per heavy atom. The highest BCUT2D eigenvalue weighted by Crippen LogP contribution is 2.31. The molecule has 0 saturated carbocycles. The number of amides is 2. The number of hydrogen-bond donors (Lipinski definition) is 2. The van der Waals surface area contributed by atoms with Gasteiger partial charge in [-0.15, -0.1) is 0 Å². The van der Waals surface area contributed by atoms with Crippen LogP contribution in [0.3, 0.4) is 0 Å². The molecule has 2 N–H and O–H groups in total. The van der Waals surface area contributed by atoms with Crippen molar-refractivity contribution >= 4 is 17.8 Å². The lowest BCUT2D eigenvalue weighted by atomic mass is 9.81. The molecule has 2 aliphatic heterocycles. The summed E-state index contributed by atoms with van der Waals surface area (Å²) in [5, 5.41) is 13.2. The maximum absolute atomic E-state index is 13.3. The maximum Gasteiger partial charge on any atom is 0.329 e. The Bertz CT molecular complexity index is 1160. The summed E-state index contributed by atoms with van der Waals surface area (Å²) in [6.45, 7) is 14.4. The number of aliphatic hydroxyl groups excluding tert-OH is 1. The number of rotatable bonds is 0. The van der Waals surface area contributed by atoms with Crippen LogP contribution >= 0.6 is 0 Å². The zero-order valence-corrected chi connectivity index (χ0v) is 23.6. The molecule has 0 radical (unpaired) electrons. The number of carbonyl (C=O) groups is 3. The Morgan fingerprint density at radius 1 is 1.21 bits per heavy atom. The van der Waals surface area contributed by atoms with Crippen molar-refractivity contribution in [1.29, 1.82) is 0 Å². The van der Waals surface area contributed by atoms with E-state index in [0.29, 0.717) is 43.8 Å². The summed E-state index contributed by atoms with van der Waals surface area (Å²) in [6.07, 6.45) is 10.3. The van der Waals surface area contributed by atoms with E-state index in [-0.39, 0.29) is 23.9 Å². The van der Waals surface area contributed by atoms with E-state index in [9.17, 15) is 19.5 Å². The number of esters is 1. The van der Waals surface area contributed by atoms with Gasteiger partial charge in [-0.1, -0.05) is 69.7 Å². The van der Waals surface area contributed by atoms with Gasteiger partial charge in [0.1, 0.15) is 18.4 Å². The van der Waals surface area contributed by atoms with E-state index in [1.165, 1.54) is 17.2 Å². The summed E-state index contributed by atoms with van der Waals surface area (Å²) < 4.78 is 11.5. The molecule has 9 heteroatoms. The van der Waals surface area contributed by atoms with Crippen LogP contribution in [0.15, 0.2) is 58.8 Å². The molecule has 4 atom stereocenters. The molecule has 1 aromatic rings. The van der Waals surface area contributed by atoms with Crippen molar-refractivity contribution in [3.8, 4) is 0 Å². The average Bonchev–Trinajstić information content (AvgIpc) is 3.51. The Kier molecular flexibility index (Phi) is 10.1. The lowest BCUT2D eigenvalue weighted by molar-refractivity contribution is -0.162. The summed E-state index contributed by atoms with van der Waals surface area (Å²) in [5.41, 5.74) is 1.24. The van der Waals surface area contributed by atoms with Gasteiger partial charge in [0.15, 0.2) is 11.6 Å². The summed E-state index contributed by atoms with van der Waals surface area (Å²) in [5.74, 6) is -1.06. The zero-order chi connectivity index (χ0) is 28.7. The van der Waals surface area contributed by atoms with Crippen molar-refractivity contribution in [3.63, 3.8) is 0 Å². The number of nitrogens with one attached hydrogen (secondary N) is 1. The fourth-order valence-electron chi connectivity index (χ4n) is 4.97. The van der Waals surface area contributed by atoms with E-state index in [1.54, 1.807) is 18.2 Å².